The van der Waals surface area contributed by atoms with Gasteiger partial charge in [0.1, 0.15) is 11.5 Å². The number of carbonyl (C=O) groups is 1. The Labute approximate surface area is 113 Å². The molecule has 0 aliphatic carbocycles. The van der Waals surface area contributed by atoms with Gasteiger partial charge < -0.3 is 0 Å². The molecule has 0 saturated carbocycles. The first kappa shape index (κ1) is 13.0. The summed E-state index contributed by atoms with van der Waals surface area (Å²) >= 11 is 11.4. The lowest BCUT2D eigenvalue weighted by Gasteiger charge is -2.03. The summed E-state index contributed by atoms with van der Waals surface area (Å²) in [5.74, 6) is -0.809. The van der Waals surface area contributed by atoms with Crippen LogP contribution in [0.3, 0.4) is 0 Å². The molecular formula is C13H8Cl2FNO. The van der Waals surface area contributed by atoms with Gasteiger partial charge in [0.25, 0.3) is 0 Å². The number of benzene rings is 1. The van der Waals surface area contributed by atoms with Crippen LogP contribution in [0, 0.1) is 5.82 Å². The van der Waals surface area contributed by atoms with E-state index in [1.54, 1.807) is 18.2 Å². The van der Waals surface area contributed by atoms with Crippen LogP contribution in [0.5, 0.6) is 0 Å². The molecule has 1 aromatic heterocycles. The third-order valence-electron chi connectivity index (χ3n) is 2.37. The van der Waals surface area contributed by atoms with E-state index >= 15 is 0 Å². The molecule has 0 radical (unpaired) electrons. The summed E-state index contributed by atoms with van der Waals surface area (Å²) in [6.07, 6.45) is 1.52. The summed E-state index contributed by atoms with van der Waals surface area (Å²) in [6.45, 7) is 0. The van der Waals surface area contributed by atoms with Gasteiger partial charge >= 0.3 is 0 Å². The van der Waals surface area contributed by atoms with Gasteiger partial charge in [-0.25, -0.2) is 4.39 Å². The zero-order chi connectivity index (χ0) is 13.1. The number of carbonyl (C=O) groups excluding carboxylic acids is 1. The first-order chi connectivity index (χ1) is 8.58. The van der Waals surface area contributed by atoms with Crippen molar-refractivity contribution in [2.24, 2.45) is 0 Å². The summed E-state index contributed by atoms with van der Waals surface area (Å²) in [7, 11) is 0. The molecule has 2 aromatic rings. The monoisotopic (exact) mass is 283 g/mol. The Bertz CT molecular complexity index is 601. The Morgan fingerprint density at radius 2 is 2.00 bits per heavy atom. The van der Waals surface area contributed by atoms with Crippen molar-refractivity contribution in [2.75, 3.05) is 0 Å². The average Bonchev–Trinajstić information content (AvgIpc) is 2.34. The Kier molecular flexibility index (Phi) is 3.94. The van der Waals surface area contributed by atoms with Crippen LogP contribution in [0.1, 0.15) is 16.1 Å². The fourth-order valence-electron chi connectivity index (χ4n) is 1.51. The summed E-state index contributed by atoms with van der Waals surface area (Å²) in [6, 6.07) is 7.47. The molecule has 0 saturated heterocycles. The second kappa shape index (κ2) is 5.46. The predicted octanol–water partition coefficient (Wildman–Crippen LogP) is 3.95. The number of nitrogens with zero attached hydrogens (tertiary/aromatic N) is 1. The van der Waals surface area contributed by atoms with Crippen LogP contribution >= 0.6 is 23.2 Å². The number of rotatable bonds is 3. The van der Waals surface area contributed by atoms with Gasteiger partial charge in [0.2, 0.25) is 0 Å². The lowest BCUT2D eigenvalue weighted by atomic mass is 10.1. The molecule has 18 heavy (non-hydrogen) atoms. The van der Waals surface area contributed by atoms with Crippen LogP contribution in [0.2, 0.25) is 10.0 Å². The van der Waals surface area contributed by atoms with E-state index in [0.29, 0.717) is 5.56 Å². The van der Waals surface area contributed by atoms with Crippen molar-refractivity contribution in [1.82, 2.24) is 4.98 Å². The molecule has 0 unspecified atom stereocenters. The van der Waals surface area contributed by atoms with Crippen molar-refractivity contribution in [3.8, 4) is 0 Å². The van der Waals surface area contributed by atoms with E-state index in [1.165, 1.54) is 18.3 Å². The zero-order valence-electron chi connectivity index (χ0n) is 9.16. The van der Waals surface area contributed by atoms with Gasteiger partial charge in [0, 0.05) is 12.6 Å². The number of hydrogen-bond donors (Lipinski definition) is 0. The molecule has 2 rings (SSSR count). The van der Waals surface area contributed by atoms with Crippen LogP contribution < -0.4 is 0 Å². The fraction of sp³-hybridized carbons (Fsp3) is 0.0769. The lowest BCUT2D eigenvalue weighted by Crippen LogP contribution is -2.06. The molecule has 0 aliphatic rings. The fourth-order valence-corrected chi connectivity index (χ4v) is 1.85. The second-order valence-electron chi connectivity index (χ2n) is 3.68. The molecule has 0 N–H and O–H groups in total. The average molecular weight is 284 g/mol. The maximum absolute atomic E-state index is 13.2. The van der Waals surface area contributed by atoms with E-state index in [0.717, 1.165) is 0 Å². The summed E-state index contributed by atoms with van der Waals surface area (Å²) < 4.78 is 13.2. The minimum Gasteiger partial charge on any atom is -0.292 e. The Hall–Kier alpha value is -1.45. The summed E-state index contributed by atoms with van der Waals surface area (Å²) in [5.41, 5.74) is 0.721. The van der Waals surface area contributed by atoms with Crippen molar-refractivity contribution in [2.45, 2.75) is 6.42 Å². The molecule has 0 bridgehead atoms. The van der Waals surface area contributed by atoms with Gasteiger partial charge in [-0.1, -0.05) is 29.3 Å². The van der Waals surface area contributed by atoms with E-state index in [2.05, 4.69) is 4.98 Å². The van der Waals surface area contributed by atoms with Crippen molar-refractivity contribution in [1.29, 1.82) is 0 Å². The predicted molar refractivity (Wildman–Crippen MR) is 68.7 cm³/mol. The van der Waals surface area contributed by atoms with Gasteiger partial charge in [-0.3, -0.25) is 9.78 Å². The van der Waals surface area contributed by atoms with Gasteiger partial charge in [-0.2, -0.15) is 0 Å². The van der Waals surface area contributed by atoms with Crippen LogP contribution in [-0.2, 0) is 6.42 Å². The highest BCUT2D eigenvalue weighted by molar-refractivity contribution is 6.33. The normalized spacial score (nSPS) is 10.4. The van der Waals surface area contributed by atoms with Gasteiger partial charge in [-0.05, 0) is 29.8 Å². The second-order valence-corrected chi connectivity index (χ2v) is 4.50. The molecule has 1 aromatic carbocycles. The highest BCUT2D eigenvalue weighted by Crippen LogP contribution is 2.18. The standard InChI is InChI=1S/C13H8Cl2FNO/c14-9-4-3-8(6-11(9)16)7-12(18)13-10(15)2-1-5-17-13/h1-6H,7H2. The molecular weight excluding hydrogens is 276 g/mol. The lowest BCUT2D eigenvalue weighted by molar-refractivity contribution is 0.0988. The number of hydrogen-bond acceptors (Lipinski definition) is 2. The maximum Gasteiger partial charge on any atom is 0.187 e. The molecule has 5 heteroatoms. The SMILES string of the molecule is O=C(Cc1ccc(Cl)c(F)c1)c1ncccc1Cl. The number of Topliss-reactive ketones (excluding diaryl/α,β-unsaturated/α-hetero) is 1. The van der Waals surface area contributed by atoms with Gasteiger partial charge in [0.05, 0.1) is 10.0 Å². The quantitative estimate of drug-likeness (QED) is 0.799. The number of halogens is 3. The Balaban J connectivity index is 2.22. The minimum absolute atomic E-state index is 0.0297. The van der Waals surface area contributed by atoms with Crippen molar-refractivity contribution in [3.05, 3.63) is 63.6 Å². The van der Waals surface area contributed by atoms with E-state index in [1.807, 2.05) is 0 Å². The number of aromatic nitrogens is 1. The van der Waals surface area contributed by atoms with Crippen LogP contribution in [0.25, 0.3) is 0 Å². The molecule has 2 nitrogen and oxygen atoms in total. The van der Waals surface area contributed by atoms with E-state index < -0.39 is 5.82 Å². The Morgan fingerprint density at radius 3 is 2.67 bits per heavy atom. The van der Waals surface area contributed by atoms with E-state index in [4.69, 9.17) is 23.2 Å². The third kappa shape index (κ3) is 2.86. The highest BCUT2D eigenvalue weighted by atomic mass is 35.5. The molecule has 0 fully saturated rings. The molecule has 0 spiro atoms. The van der Waals surface area contributed by atoms with Crippen molar-refractivity contribution in [3.63, 3.8) is 0 Å². The summed E-state index contributed by atoms with van der Waals surface area (Å²) in [4.78, 5) is 15.8. The number of pyridine rings is 1. The first-order valence-corrected chi connectivity index (χ1v) is 5.91. The molecule has 92 valence electrons. The topological polar surface area (TPSA) is 30.0 Å². The Morgan fingerprint density at radius 1 is 1.22 bits per heavy atom. The molecule has 0 atom stereocenters. The number of ketones is 1. The highest BCUT2D eigenvalue weighted by Gasteiger charge is 2.13. The van der Waals surface area contributed by atoms with Crippen LogP contribution in [0.4, 0.5) is 4.39 Å². The smallest absolute Gasteiger partial charge is 0.187 e. The maximum atomic E-state index is 13.2. The van der Waals surface area contributed by atoms with Crippen LogP contribution in [-0.4, -0.2) is 10.8 Å². The van der Waals surface area contributed by atoms with E-state index in [9.17, 15) is 9.18 Å². The molecule has 0 amide bonds. The van der Waals surface area contributed by atoms with E-state index in [-0.39, 0.29) is 27.9 Å². The zero-order valence-corrected chi connectivity index (χ0v) is 10.7. The van der Waals surface area contributed by atoms with Gasteiger partial charge in [0.15, 0.2) is 5.78 Å². The first-order valence-electron chi connectivity index (χ1n) is 5.15. The van der Waals surface area contributed by atoms with Gasteiger partial charge in [-0.15, -0.1) is 0 Å². The third-order valence-corrected chi connectivity index (χ3v) is 2.98. The summed E-state index contributed by atoms with van der Waals surface area (Å²) in [5, 5.41) is 0.319. The minimum atomic E-state index is -0.547. The molecule has 0 aliphatic heterocycles. The molecule has 1 heterocycles. The van der Waals surface area contributed by atoms with Crippen molar-refractivity contribution >= 4 is 29.0 Å². The largest absolute Gasteiger partial charge is 0.292 e. The van der Waals surface area contributed by atoms with Crippen LogP contribution in [0.15, 0.2) is 36.5 Å². The van der Waals surface area contributed by atoms with Crippen molar-refractivity contribution < 1.29 is 9.18 Å².